The molecule has 0 aromatic carbocycles. The van der Waals surface area contributed by atoms with Gasteiger partial charge in [-0.25, -0.2) is 9.78 Å². The van der Waals surface area contributed by atoms with Gasteiger partial charge < -0.3 is 10.4 Å². The van der Waals surface area contributed by atoms with Crippen LogP contribution in [0.2, 0.25) is 0 Å². The summed E-state index contributed by atoms with van der Waals surface area (Å²) in [6, 6.07) is 0.460. The lowest BCUT2D eigenvalue weighted by Gasteiger charge is -2.31. The van der Waals surface area contributed by atoms with Crippen molar-refractivity contribution in [2.24, 2.45) is 5.92 Å². The summed E-state index contributed by atoms with van der Waals surface area (Å²) in [4.78, 5) is 14.8. The number of nitrogens with one attached hydrogen (secondary N) is 1. The number of hydrogen-bond donors (Lipinski definition) is 2. The van der Waals surface area contributed by atoms with Crippen LogP contribution in [-0.2, 0) is 0 Å². The largest absolute Gasteiger partial charge is 0.476 e. The number of aromatic nitrogens is 1. The van der Waals surface area contributed by atoms with E-state index in [1.165, 1.54) is 43.4 Å². The second kappa shape index (κ2) is 5.49. The normalized spacial score (nSPS) is 24.5. The third kappa shape index (κ3) is 2.97. The molecule has 2 unspecified atom stereocenters. The van der Waals surface area contributed by atoms with E-state index >= 15 is 0 Å². The van der Waals surface area contributed by atoms with Crippen molar-refractivity contribution in [3.63, 3.8) is 0 Å². The quantitative estimate of drug-likeness (QED) is 0.866. The molecule has 1 fully saturated rings. The van der Waals surface area contributed by atoms with Gasteiger partial charge in [0.05, 0.1) is 0 Å². The number of anilines is 1. The van der Waals surface area contributed by atoms with E-state index in [-0.39, 0.29) is 5.69 Å². The maximum Gasteiger partial charge on any atom is 0.355 e. The van der Waals surface area contributed by atoms with Gasteiger partial charge in [0.2, 0.25) is 0 Å². The number of carboxylic acid groups (broad SMARTS) is 1. The lowest BCUT2D eigenvalue weighted by Crippen LogP contribution is -2.31. The molecule has 0 spiro atoms. The molecule has 1 aromatic heterocycles. The Morgan fingerprint density at radius 1 is 1.59 bits per heavy atom. The Bertz CT molecular complexity index is 392. The molecule has 1 aliphatic rings. The molecule has 94 valence electrons. The molecule has 0 bridgehead atoms. The Kier molecular flexibility index (Phi) is 3.99. The van der Waals surface area contributed by atoms with Gasteiger partial charge in [-0.1, -0.05) is 26.2 Å². The van der Waals surface area contributed by atoms with Crippen LogP contribution < -0.4 is 5.32 Å². The first-order valence-electron chi connectivity index (χ1n) is 6.16. The van der Waals surface area contributed by atoms with Gasteiger partial charge in [0.25, 0.3) is 0 Å². The van der Waals surface area contributed by atoms with Crippen LogP contribution >= 0.6 is 11.3 Å². The van der Waals surface area contributed by atoms with Crippen molar-refractivity contribution in [3.05, 3.63) is 11.1 Å². The van der Waals surface area contributed by atoms with Gasteiger partial charge in [0.15, 0.2) is 10.8 Å². The summed E-state index contributed by atoms with van der Waals surface area (Å²) in [6.07, 6.45) is 6.18. The van der Waals surface area contributed by atoms with Crippen LogP contribution in [0.5, 0.6) is 0 Å². The van der Waals surface area contributed by atoms with Gasteiger partial charge in [-0.15, -0.1) is 11.3 Å². The number of thiazole rings is 1. The molecule has 2 rings (SSSR count). The van der Waals surface area contributed by atoms with E-state index in [9.17, 15) is 4.79 Å². The minimum absolute atomic E-state index is 0.140. The number of nitrogens with zero attached hydrogens (tertiary/aromatic N) is 1. The van der Waals surface area contributed by atoms with E-state index in [1.54, 1.807) is 5.38 Å². The Morgan fingerprint density at radius 3 is 3.00 bits per heavy atom. The molecule has 5 heteroatoms. The third-order valence-corrected chi connectivity index (χ3v) is 4.24. The fraction of sp³-hybridized carbons (Fsp3) is 0.667. The highest BCUT2D eigenvalue weighted by Crippen LogP contribution is 2.30. The summed E-state index contributed by atoms with van der Waals surface area (Å²) in [7, 11) is 0. The summed E-state index contributed by atoms with van der Waals surface area (Å²) >= 11 is 1.38. The van der Waals surface area contributed by atoms with Crippen molar-refractivity contribution >= 4 is 22.4 Å². The molecule has 0 saturated heterocycles. The molecule has 1 aromatic rings. The van der Waals surface area contributed by atoms with Crippen molar-refractivity contribution < 1.29 is 9.90 Å². The lowest BCUT2D eigenvalue weighted by atomic mass is 9.83. The first-order valence-corrected chi connectivity index (χ1v) is 7.04. The van der Waals surface area contributed by atoms with Crippen LogP contribution in [0, 0.1) is 5.92 Å². The van der Waals surface area contributed by atoms with E-state index in [2.05, 4.69) is 17.2 Å². The van der Waals surface area contributed by atoms with Gasteiger partial charge in [-0.05, 0) is 18.8 Å². The molecule has 1 heterocycles. The summed E-state index contributed by atoms with van der Waals surface area (Å²) in [5, 5.41) is 14.6. The minimum Gasteiger partial charge on any atom is -0.476 e. The summed E-state index contributed by atoms with van der Waals surface area (Å²) < 4.78 is 0. The molecule has 0 amide bonds. The van der Waals surface area contributed by atoms with Crippen molar-refractivity contribution in [2.45, 2.75) is 45.1 Å². The highest BCUT2D eigenvalue weighted by molar-refractivity contribution is 7.13. The number of hydrogen-bond acceptors (Lipinski definition) is 4. The monoisotopic (exact) mass is 254 g/mol. The standard InChI is InChI=1S/C12H18N2O2S/c1-2-8-5-3-4-6-9(8)13-12-14-10(7-17-12)11(15)16/h7-9H,2-6H2,1H3,(H,13,14)(H,15,16). The second-order valence-electron chi connectivity index (χ2n) is 4.55. The van der Waals surface area contributed by atoms with Gasteiger partial charge in [0.1, 0.15) is 0 Å². The highest BCUT2D eigenvalue weighted by Gasteiger charge is 2.24. The maximum absolute atomic E-state index is 10.7. The van der Waals surface area contributed by atoms with E-state index in [1.807, 2.05) is 0 Å². The molecule has 0 radical (unpaired) electrons. The number of rotatable bonds is 4. The smallest absolute Gasteiger partial charge is 0.355 e. The zero-order valence-corrected chi connectivity index (χ0v) is 10.8. The molecule has 2 N–H and O–H groups in total. The van der Waals surface area contributed by atoms with E-state index in [0.29, 0.717) is 12.0 Å². The molecular weight excluding hydrogens is 236 g/mol. The summed E-state index contributed by atoms with van der Waals surface area (Å²) in [6.45, 7) is 2.22. The maximum atomic E-state index is 10.7. The Morgan fingerprint density at radius 2 is 2.35 bits per heavy atom. The predicted octanol–water partition coefficient (Wildman–Crippen LogP) is 3.22. The first kappa shape index (κ1) is 12.4. The molecule has 0 aliphatic heterocycles. The van der Waals surface area contributed by atoms with Crippen LogP contribution in [0.25, 0.3) is 0 Å². The minimum atomic E-state index is -0.954. The van der Waals surface area contributed by atoms with Gasteiger partial charge in [0, 0.05) is 11.4 Å². The van der Waals surface area contributed by atoms with Crippen molar-refractivity contribution in [2.75, 3.05) is 5.32 Å². The summed E-state index contributed by atoms with van der Waals surface area (Å²) in [5.74, 6) is -0.258. The van der Waals surface area contributed by atoms with Crippen molar-refractivity contribution in [1.82, 2.24) is 4.98 Å². The average Bonchev–Trinajstić information content (AvgIpc) is 2.78. The SMILES string of the molecule is CCC1CCCCC1Nc1nc(C(=O)O)cs1. The zero-order chi connectivity index (χ0) is 12.3. The molecule has 1 aliphatic carbocycles. The number of carbonyl (C=O) groups is 1. The van der Waals surface area contributed by atoms with E-state index < -0.39 is 5.97 Å². The summed E-state index contributed by atoms with van der Waals surface area (Å²) in [5.41, 5.74) is 0.140. The lowest BCUT2D eigenvalue weighted by molar-refractivity contribution is 0.0691. The molecular formula is C12H18N2O2S. The topological polar surface area (TPSA) is 62.2 Å². The average molecular weight is 254 g/mol. The Hall–Kier alpha value is -1.10. The molecule has 1 saturated carbocycles. The fourth-order valence-electron chi connectivity index (χ4n) is 2.48. The Balaban J connectivity index is 2.00. The van der Waals surface area contributed by atoms with Crippen molar-refractivity contribution in [1.29, 1.82) is 0 Å². The van der Waals surface area contributed by atoms with Gasteiger partial charge in [-0.3, -0.25) is 0 Å². The zero-order valence-electron chi connectivity index (χ0n) is 9.98. The molecule has 17 heavy (non-hydrogen) atoms. The van der Waals surface area contributed by atoms with Crippen LogP contribution in [0.4, 0.5) is 5.13 Å². The molecule has 2 atom stereocenters. The molecule has 4 nitrogen and oxygen atoms in total. The Labute approximate surface area is 105 Å². The van der Waals surface area contributed by atoms with Gasteiger partial charge >= 0.3 is 5.97 Å². The van der Waals surface area contributed by atoms with Crippen LogP contribution in [0.1, 0.15) is 49.5 Å². The number of carboxylic acids is 1. The number of aromatic carboxylic acids is 1. The van der Waals surface area contributed by atoms with Crippen LogP contribution in [0.3, 0.4) is 0 Å². The predicted molar refractivity (Wildman–Crippen MR) is 68.7 cm³/mol. The van der Waals surface area contributed by atoms with E-state index in [4.69, 9.17) is 5.11 Å². The fourth-order valence-corrected chi connectivity index (χ4v) is 3.23. The van der Waals surface area contributed by atoms with Crippen LogP contribution in [-0.4, -0.2) is 22.1 Å². The second-order valence-corrected chi connectivity index (χ2v) is 5.40. The van der Waals surface area contributed by atoms with Crippen LogP contribution in [0.15, 0.2) is 5.38 Å². The third-order valence-electron chi connectivity index (χ3n) is 3.47. The van der Waals surface area contributed by atoms with E-state index in [0.717, 1.165) is 5.13 Å². The van der Waals surface area contributed by atoms with Crippen molar-refractivity contribution in [3.8, 4) is 0 Å². The first-order chi connectivity index (χ1) is 8.20. The highest BCUT2D eigenvalue weighted by atomic mass is 32.1. The van der Waals surface area contributed by atoms with Gasteiger partial charge in [-0.2, -0.15) is 0 Å².